The van der Waals surface area contributed by atoms with E-state index in [9.17, 15) is 9.59 Å². The van der Waals surface area contributed by atoms with E-state index in [2.05, 4.69) is 27.4 Å². The van der Waals surface area contributed by atoms with E-state index in [4.69, 9.17) is 4.74 Å². The second-order valence-corrected chi connectivity index (χ2v) is 8.53. The molecule has 1 aromatic heterocycles. The molecule has 0 saturated heterocycles. The second kappa shape index (κ2) is 12.0. The van der Waals surface area contributed by atoms with Crippen molar-refractivity contribution < 1.29 is 14.3 Å². The quantitative estimate of drug-likeness (QED) is 0.313. The largest absolute Gasteiger partial charge is 0.494 e. The molecule has 0 unspecified atom stereocenters. The summed E-state index contributed by atoms with van der Waals surface area (Å²) in [7, 11) is 0. The van der Waals surface area contributed by atoms with Crippen molar-refractivity contribution in [2.75, 3.05) is 23.0 Å². The number of hydrogen-bond acceptors (Lipinski definition) is 6. The number of carbonyl (C=O) groups is 2. The topological polar surface area (TPSA) is 98.1 Å². The summed E-state index contributed by atoms with van der Waals surface area (Å²) in [6.07, 6.45) is 1.75. The van der Waals surface area contributed by atoms with Crippen molar-refractivity contribution in [3.05, 3.63) is 72.1 Å². The third kappa shape index (κ3) is 6.71. The number of rotatable bonds is 11. The normalized spacial score (nSPS) is 10.6. The Morgan fingerprint density at radius 3 is 2.41 bits per heavy atom. The van der Waals surface area contributed by atoms with Crippen LogP contribution in [0.1, 0.15) is 23.9 Å². The van der Waals surface area contributed by atoms with Gasteiger partial charge in [0.1, 0.15) is 11.6 Å². The molecule has 3 aromatic rings. The van der Waals surface area contributed by atoms with Gasteiger partial charge in [0.15, 0.2) is 5.16 Å². The number of allylic oxidation sites excluding steroid dienone is 1. The van der Waals surface area contributed by atoms with Gasteiger partial charge in [-0.2, -0.15) is 0 Å². The van der Waals surface area contributed by atoms with E-state index >= 15 is 0 Å². The molecule has 0 radical (unpaired) electrons. The highest BCUT2D eigenvalue weighted by molar-refractivity contribution is 7.99. The van der Waals surface area contributed by atoms with Crippen molar-refractivity contribution in [3.8, 4) is 5.75 Å². The van der Waals surface area contributed by atoms with Crippen LogP contribution in [0, 0.1) is 13.8 Å². The molecular weight excluding hydrogens is 450 g/mol. The molecule has 0 aliphatic heterocycles. The molecule has 2 N–H and O–H groups in total. The maximum Gasteiger partial charge on any atom is 0.234 e. The first kappa shape index (κ1) is 25.0. The summed E-state index contributed by atoms with van der Waals surface area (Å²) in [6, 6.07) is 13.1. The van der Waals surface area contributed by atoms with Crippen molar-refractivity contribution in [2.45, 2.75) is 38.9 Å². The zero-order chi connectivity index (χ0) is 24.5. The summed E-state index contributed by atoms with van der Waals surface area (Å²) in [5, 5.41) is 14.7. The van der Waals surface area contributed by atoms with Gasteiger partial charge in [-0.25, -0.2) is 0 Å². The van der Waals surface area contributed by atoms with Gasteiger partial charge >= 0.3 is 0 Å². The van der Waals surface area contributed by atoms with Crippen LogP contribution < -0.4 is 15.4 Å². The fourth-order valence-corrected chi connectivity index (χ4v) is 4.10. The molecule has 3 rings (SSSR count). The summed E-state index contributed by atoms with van der Waals surface area (Å²) in [6.45, 7) is 10.6. The average Bonchev–Trinajstić information content (AvgIpc) is 3.18. The van der Waals surface area contributed by atoms with Crippen LogP contribution in [-0.4, -0.2) is 38.9 Å². The van der Waals surface area contributed by atoms with Gasteiger partial charge in [-0.1, -0.05) is 36.0 Å². The molecule has 1 heterocycles. The first-order valence-corrected chi connectivity index (χ1v) is 11.9. The molecule has 9 heteroatoms. The van der Waals surface area contributed by atoms with E-state index in [0.717, 1.165) is 22.6 Å². The van der Waals surface area contributed by atoms with Crippen LogP contribution in [0.2, 0.25) is 0 Å². The lowest BCUT2D eigenvalue weighted by Crippen LogP contribution is -2.18. The highest BCUT2D eigenvalue weighted by atomic mass is 32.2. The van der Waals surface area contributed by atoms with Crippen molar-refractivity contribution in [1.29, 1.82) is 0 Å². The van der Waals surface area contributed by atoms with E-state index in [1.807, 2.05) is 39.0 Å². The molecule has 8 nitrogen and oxygen atoms in total. The third-order valence-electron chi connectivity index (χ3n) is 4.95. The highest BCUT2D eigenvalue weighted by Gasteiger charge is 2.17. The number of nitrogens with zero attached hydrogens (tertiary/aromatic N) is 3. The Balaban J connectivity index is 1.61. The van der Waals surface area contributed by atoms with Gasteiger partial charge in [0, 0.05) is 17.9 Å². The monoisotopic (exact) mass is 479 g/mol. The van der Waals surface area contributed by atoms with E-state index in [1.165, 1.54) is 11.8 Å². The van der Waals surface area contributed by atoms with Crippen LogP contribution in [0.15, 0.2) is 60.3 Å². The number of thioether (sulfide) groups is 1. The number of anilines is 2. The molecule has 0 fully saturated rings. The molecule has 2 amide bonds. The SMILES string of the molecule is C=CCn1c(CC(=O)Nc2ccc(OCC)cc2)nnc1SCC(=O)Nc1c(C)cccc1C. The first-order valence-electron chi connectivity index (χ1n) is 11.0. The van der Waals surface area contributed by atoms with Crippen LogP contribution in [0.4, 0.5) is 11.4 Å². The van der Waals surface area contributed by atoms with Crippen LogP contribution in [-0.2, 0) is 22.6 Å². The van der Waals surface area contributed by atoms with Gasteiger partial charge in [-0.15, -0.1) is 16.8 Å². The van der Waals surface area contributed by atoms with Gasteiger partial charge in [0.25, 0.3) is 0 Å². The van der Waals surface area contributed by atoms with Crippen LogP contribution in [0.5, 0.6) is 5.75 Å². The third-order valence-corrected chi connectivity index (χ3v) is 5.92. The molecular formula is C25H29N5O3S. The second-order valence-electron chi connectivity index (χ2n) is 7.58. The Hall–Kier alpha value is -3.59. The minimum atomic E-state index is -0.216. The van der Waals surface area contributed by atoms with Crippen LogP contribution >= 0.6 is 11.8 Å². The van der Waals surface area contributed by atoms with Gasteiger partial charge in [-0.3, -0.25) is 9.59 Å². The lowest BCUT2D eigenvalue weighted by Gasteiger charge is -2.11. The molecule has 0 atom stereocenters. The average molecular weight is 480 g/mol. The zero-order valence-corrected chi connectivity index (χ0v) is 20.4. The van der Waals surface area contributed by atoms with Crippen molar-refractivity contribution >= 4 is 35.0 Å². The predicted octanol–water partition coefficient (Wildman–Crippen LogP) is 4.39. The fourth-order valence-electron chi connectivity index (χ4n) is 3.34. The number of hydrogen-bond donors (Lipinski definition) is 2. The minimum absolute atomic E-state index is 0.0449. The molecule has 34 heavy (non-hydrogen) atoms. The Morgan fingerprint density at radius 2 is 1.76 bits per heavy atom. The number of aromatic nitrogens is 3. The van der Waals surface area contributed by atoms with Gasteiger partial charge in [0.2, 0.25) is 11.8 Å². The summed E-state index contributed by atoms with van der Waals surface area (Å²) in [4.78, 5) is 25.1. The summed E-state index contributed by atoms with van der Waals surface area (Å²) in [5.41, 5.74) is 3.51. The fraction of sp³-hybridized carbons (Fsp3) is 0.280. The number of benzene rings is 2. The molecule has 178 valence electrons. The molecule has 0 spiro atoms. The van der Waals surface area contributed by atoms with E-state index < -0.39 is 0 Å². The first-order chi connectivity index (χ1) is 16.4. The van der Waals surface area contributed by atoms with Crippen molar-refractivity contribution in [2.24, 2.45) is 0 Å². The zero-order valence-electron chi connectivity index (χ0n) is 19.6. The highest BCUT2D eigenvalue weighted by Crippen LogP contribution is 2.22. The van der Waals surface area contributed by atoms with Gasteiger partial charge in [-0.05, 0) is 56.2 Å². The number of para-hydroxylation sites is 1. The molecule has 0 bridgehead atoms. The molecule has 0 aliphatic carbocycles. The van der Waals surface area contributed by atoms with Crippen LogP contribution in [0.25, 0.3) is 0 Å². The maximum atomic E-state index is 12.6. The molecule has 0 saturated carbocycles. The number of aryl methyl sites for hydroxylation is 2. The number of nitrogens with one attached hydrogen (secondary N) is 2. The molecule has 0 aliphatic rings. The predicted molar refractivity (Wildman–Crippen MR) is 135 cm³/mol. The molecule has 2 aromatic carbocycles. The van der Waals surface area contributed by atoms with Crippen molar-refractivity contribution in [3.63, 3.8) is 0 Å². The van der Waals surface area contributed by atoms with Gasteiger partial charge in [0.05, 0.1) is 18.8 Å². The Labute approximate surface area is 203 Å². The summed E-state index contributed by atoms with van der Waals surface area (Å²) in [5.74, 6) is 1.06. The van der Waals surface area contributed by atoms with E-state index in [0.29, 0.717) is 29.8 Å². The lowest BCUT2D eigenvalue weighted by molar-refractivity contribution is -0.116. The van der Waals surface area contributed by atoms with E-state index in [-0.39, 0.29) is 24.0 Å². The maximum absolute atomic E-state index is 12.6. The summed E-state index contributed by atoms with van der Waals surface area (Å²) >= 11 is 1.27. The Bertz CT molecular complexity index is 1140. The minimum Gasteiger partial charge on any atom is -0.494 e. The van der Waals surface area contributed by atoms with E-state index in [1.54, 1.807) is 34.9 Å². The standard InChI is InChI=1S/C25H29N5O3S/c1-5-14-30-21(15-22(31)26-19-10-12-20(13-11-19)33-6-2)28-29-25(30)34-16-23(32)27-24-17(3)8-7-9-18(24)4/h5,7-13H,1,6,14-16H2,2-4H3,(H,26,31)(H,27,32). The lowest BCUT2D eigenvalue weighted by atomic mass is 10.1. The van der Waals surface area contributed by atoms with Crippen molar-refractivity contribution in [1.82, 2.24) is 14.8 Å². The smallest absolute Gasteiger partial charge is 0.234 e. The number of carbonyl (C=O) groups excluding carboxylic acids is 2. The van der Waals surface area contributed by atoms with Crippen LogP contribution in [0.3, 0.4) is 0 Å². The number of amides is 2. The number of ether oxygens (including phenoxy) is 1. The van der Waals surface area contributed by atoms with Gasteiger partial charge < -0.3 is 19.9 Å². The Morgan fingerprint density at radius 1 is 1.06 bits per heavy atom. The summed E-state index contributed by atoms with van der Waals surface area (Å²) < 4.78 is 7.21. The Kier molecular flexibility index (Phi) is 8.86.